The van der Waals surface area contributed by atoms with E-state index in [1.54, 1.807) is 0 Å². The van der Waals surface area contributed by atoms with Crippen molar-refractivity contribution in [2.75, 3.05) is 0 Å². The first-order valence-corrected chi connectivity index (χ1v) is 12.0. The lowest BCUT2D eigenvalue weighted by Gasteiger charge is -2.39. The van der Waals surface area contributed by atoms with E-state index in [4.69, 9.17) is 4.43 Å². The second-order valence-corrected chi connectivity index (χ2v) is 13.5. The summed E-state index contributed by atoms with van der Waals surface area (Å²) in [5, 5.41) is 3.31. The lowest BCUT2D eigenvalue weighted by molar-refractivity contribution is 0.0899. The number of carbonyl (C=O) groups excluding carboxylic acids is 1. The van der Waals surface area contributed by atoms with Gasteiger partial charge in [0.25, 0.3) is 5.91 Å². The van der Waals surface area contributed by atoms with Gasteiger partial charge in [-0.25, -0.2) is 0 Å². The Kier molecular flexibility index (Phi) is 5.74. The summed E-state index contributed by atoms with van der Waals surface area (Å²) in [6.45, 7) is 11.2. The Morgan fingerprint density at radius 3 is 2.57 bits per heavy atom. The lowest BCUT2D eigenvalue weighted by Crippen LogP contribution is -2.49. The maximum absolute atomic E-state index is 12.5. The minimum Gasteiger partial charge on any atom is -0.408 e. The van der Waals surface area contributed by atoms with Crippen molar-refractivity contribution in [3.05, 3.63) is 45.6 Å². The Hall–Kier alpha value is -0.663. The normalized spacial score (nSPS) is 21.5. The molecular formula is C18H26INO2Si. The highest BCUT2D eigenvalue weighted by atomic mass is 127. The summed E-state index contributed by atoms with van der Waals surface area (Å²) in [4.78, 5) is 12.5. The molecular weight excluding hydrogens is 417 g/mol. The monoisotopic (exact) mass is 443 g/mol. The quantitative estimate of drug-likeness (QED) is 0.415. The Labute approximate surface area is 154 Å². The van der Waals surface area contributed by atoms with Gasteiger partial charge in [-0.2, -0.15) is 0 Å². The molecule has 0 spiro atoms. The van der Waals surface area contributed by atoms with Gasteiger partial charge in [0.15, 0.2) is 8.32 Å². The second-order valence-electron chi connectivity index (χ2n) is 7.57. The molecule has 2 rings (SSSR count). The minimum absolute atomic E-state index is 0.0208. The highest BCUT2D eigenvalue weighted by molar-refractivity contribution is 14.1. The maximum atomic E-state index is 12.5. The van der Waals surface area contributed by atoms with Gasteiger partial charge in [-0.1, -0.05) is 45.1 Å². The summed E-state index contributed by atoms with van der Waals surface area (Å²) in [6, 6.07) is 7.68. The third-order valence-corrected chi connectivity index (χ3v) is 10.2. The van der Waals surface area contributed by atoms with E-state index in [0.29, 0.717) is 0 Å². The molecule has 0 fully saturated rings. The van der Waals surface area contributed by atoms with Crippen LogP contribution in [0.1, 0.15) is 37.6 Å². The van der Waals surface area contributed by atoms with Gasteiger partial charge in [0.1, 0.15) is 0 Å². The highest BCUT2D eigenvalue weighted by Gasteiger charge is 2.41. The molecule has 126 valence electrons. The second kappa shape index (κ2) is 7.07. The van der Waals surface area contributed by atoms with Crippen molar-refractivity contribution in [2.24, 2.45) is 0 Å². The Bertz CT molecular complexity index is 607. The minimum atomic E-state index is -1.86. The largest absolute Gasteiger partial charge is 0.408 e. The number of rotatable bonds is 4. The molecule has 0 aliphatic heterocycles. The third-order valence-electron chi connectivity index (χ3n) is 4.78. The van der Waals surface area contributed by atoms with E-state index in [1.807, 2.05) is 24.3 Å². The number of amides is 1. The van der Waals surface area contributed by atoms with Crippen LogP contribution in [0.25, 0.3) is 0 Å². The molecule has 1 aromatic carbocycles. The van der Waals surface area contributed by atoms with Gasteiger partial charge in [0, 0.05) is 3.57 Å². The standard InChI is InChI=1S/C18H26INO2Si/c1-18(2,3)23(4,5)22-16-12-8-11-15(16)20-17(21)13-9-6-7-10-14(13)19/h6-10,12,15-16H,11H2,1-5H3,(H,20,21). The molecule has 5 heteroatoms. The van der Waals surface area contributed by atoms with Gasteiger partial charge in [0.05, 0.1) is 17.7 Å². The molecule has 0 radical (unpaired) electrons. The zero-order chi connectivity index (χ0) is 17.3. The number of benzene rings is 1. The molecule has 1 aromatic rings. The molecule has 2 unspecified atom stereocenters. The van der Waals surface area contributed by atoms with Crippen molar-refractivity contribution in [3.63, 3.8) is 0 Å². The fraction of sp³-hybridized carbons (Fsp3) is 0.500. The Morgan fingerprint density at radius 1 is 1.30 bits per heavy atom. The number of halogens is 1. The number of carbonyl (C=O) groups is 1. The van der Waals surface area contributed by atoms with Gasteiger partial charge in [-0.15, -0.1) is 0 Å². The van der Waals surface area contributed by atoms with Crippen molar-refractivity contribution in [1.29, 1.82) is 0 Å². The zero-order valence-electron chi connectivity index (χ0n) is 14.5. The van der Waals surface area contributed by atoms with Crippen LogP contribution in [0.4, 0.5) is 0 Å². The SMILES string of the molecule is CC(C)(C)[Si](C)(C)OC1C=CCC1NC(=O)c1ccccc1I. The van der Waals surface area contributed by atoms with Crippen LogP contribution >= 0.6 is 22.6 Å². The van der Waals surface area contributed by atoms with Gasteiger partial charge in [-0.3, -0.25) is 4.79 Å². The van der Waals surface area contributed by atoms with Crippen LogP contribution in [0.15, 0.2) is 36.4 Å². The molecule has 2 atom stereocenters. The van der Waals surface area contributed by atoms with E-state index >= 15 is 0 Å². The predicted octanol–water partition coefficient (Wildman–Crippen LogP) is 4.74. The van der Waals surface area contributed by atoms with Crippen molar-refractivity contribution in [1.82, 2.24) is 5.32 Å². The van der Waals surface area contributed by atoms with Crippen LogP contribution in [0.3, 0.4) is 0 Å². The Morgan fingerprint density at radius 2 is 1.96 bits per heavy atom. The van der Waals surface area contributed by atoms with Crippen LogP contribution in [0.2, 0.25) is 18.1 Å². The van der Waals surface area contributed by atoms with Gasteiger partial charge in [-0.05, 0) is 59.3 Å². The molecule has 0 saturated heterocycles. The fourth-order valence-corrected chi connectivity index (χ4v) is 4.21. The summed E-state index contributed by atoms with van der Waals surface area (Å²) in [7, 11) is -1.86. The van der Waals surface area contributed by atoms with Gasteiger partial charge in [0.2, 0.25) is 0 Å². The summed E-state index contributed by atoms with van der Waals surface area (Å²) >= 11 is 2.20. The summed E-state index contributed by atoms with van der Waals surface area (Å²) in [5.74, 6) is -0.0208. The molecule has 0 saturated carbocycles. The summed E-state index contributed by atoms with van der Waals surface area (Å²) < 4.78 is 7.45. The number of nitrogens with one attached hydrogen (secondary N) is 1. The van der Waals surface area contributed by atoms with Gasteiger partial charge < -0.3 is 9.74 Å². The molecule has 0 bridgehead atoms. The van der Waals surface area contributed by atoms with Gasteiger partial charge >= 0.3 is 0 Å². The molecule has 0 heterocycles. The first-order valence-electron chi connectivity index (χ1n) is 8.02. The summed E-state index contributed by atoms with van der Waals surface area (Å²) in [6.07, 6.45) is 5.01. The van der Waals surface area contributed by atoms with E-state index in [0.717, 1.165) is 15.6 Å². The molecule has 3 nitrogen and oxygen atoms in total. The predicted molar refractivity (Wildman–Crippen MR) is 106 cm³/mol. The van der Waals surface area contributed by atoms with E-state index in [-0.39, 0.29) is 23.1 Å². The van der Waals surface area contributed by atoms with Crippen molar-refractivity contribution < 1.29 is 9.22 Å². The average molecular weight is 443 g/mol. The van der Waals surface area contributed by atoms with Crippen LogP contribution < -0.4 is 5.32 Å². The molecule has 23 heavy (non-hydrogen) atoms. The van der Waals surface area contributed by atoms with Crippen LogP contribution in [0, 0.1) is 3.57 Å². The topological polar surface area (TPSA) is 38.3 Å². The van der Waals surface area contributed by atoms with E-state index < -0.39 is 8.32 Å². The average Bonchev–Trinajstić information content (AvgIpc) is 2.84. The first-order chi connectivity index (χ1) is 10.6. The number of hydrogen-bond donors (Lipinski definition) is 1. The molecule has 1 aliphatic carbocycles. The highest BCUT2D eigenvalue weighted by Crippen LogP contribution is 2.38. The van der Waals surface area contributed by atoms with Crippen LogP contribution in [-0.2, 0) is 4.43 Å². The van der Waals surface area contributed by atoms with Crippen molar-refractivity contribution in [2.45, 2.75) is 57.5 Å². The van der Waals surface area contributed by atoms with Crippen molar-refractivity contribution >= 4 is 36.8 Å². The van der Waals surface area contributed by atoms with E-state index in [1.165, 1.54) is 0 Å². The maximum Gasteiger partial charge on any atom is 0.252 e. The zero-order valence-corrected chi connectivity index (χ0v) is 17.7. The van der Waals surface area contributed by atoms with E-state index in [2.05, 4.69) is 73.9 Å². The van der Waals surface area contributed by atoms with Crippen LogP contribution in [0.5, 0.6) is 0 Å². The lowest BCUT2D eigenvalue weighted by atomic mass is 10.1. The van der Waals surface area contributed by atoms with Crippen LogP contribution in [-0.4, -0.2) is 26.4 Å². The number of hydrogen-bond acceptors (Lipinski definition) is 2. The molecule has 0 aromatic heterocycles. The smallest absolute Gasteiger partial charge is 0.252 e. The molecule has 1 amide bonds. The first kappa shape index (κ1) is 18.7. The fourth-order valence-electron chi connectivity index (χ4n) is 2.30. The van der Waals surface area contributed by atoms with Crippen molar-refractivity contribution in [3.8, 4) is 0 Å². The third kappa shape index (κ3) is 4.45. The van der Waals surface area contributed by atoms with E-state index in [9.17, 15) is 4.79 Å². The summed E-state index contributed by atoms with van der Waals surface area (Å²) in [5.41, 5.74) is 0.728. The molecule has 1 N–H and O–H groups in total. The molecule has 1 aliphatic rings. The Balaban J connectivity index is 2.06.